The largest absolute Gasteiger partial charge is 0.346 e. The fourth-order valence-corrected chi connectivity index (χ4v) is 4.57. The molecule has 1 N–H and O–H groups in total. The van der Waals surface area contributed by atoms with Crippen molar-refractivity contribution in [2.75, 3.05) is 0 Å². The summed E-state index contributed by atoms with van der Waals surface area (Å²) >= 11 is 3.56. The van der Waals surface area contributed by atoms with Crippen LogP contribution in [0, 0.1) is 0 Å². The van der Waals surface area contributed by atoms with E-state index in [2.05, 4.69) is 44.4 Å². The molecule has 1 amide bonds. The molecule has 1 aromatic heterocycles. The fraction of sp³-hybridized carbons (Fsp3) is 0.304. The van der Waals surface area contributed by atoms with Crippen molar-refractivity contribution >= 4 is 32.7 Å². The van der Waals surface area contributed by atoms with E-state index in [4.69, 9.17) is 0 Å². The lowest BCUT2D eigenvalue weighted by Crippen LogP contribution is -2.51. The number of pyridine rings is 1. The Morgan fingerprint density at radius 2 is 1.85 bits per heavy atom. The number of nitrogens with one attached hydrogen (secondary N) is 1. The van der Waals surface area contributed by atoms with E-state index in [0.29, 0.717) is 5.56 Å². The molecule has 0 spiro atoms. The number of halogens is 1. The van der Waals surface area contributed by atoms with Crippen LogP contribution in [0.2, 0.25) is 0 Å². The molecule has 3 nitrogen and oxygen atoms in total. The van der Waals surface area contributed by atoms with E-state index in [-0.39, 0.29) is 11.4 Å². The quantitative estimate of drug-likeness (QED) is 0.587. The van der Waals surface area contributed by atoms with Gasteiger partial charge in [-0.25, -0.2) is 0 Å². The van der Waals surface area contributed by atoms with Gasteiger partial charge in [0, 0.05) is 21.6 Å². The first-order valence-corrected chi connectivity index (χ1v) is 10.3. The Labute approximate surface area is 168 Å². The third-order valence-corrected chi connectivity index (χ3v) is 5.97. The number of aromatic nitrogens is 1. The molecule has 2 aromatic carbocycles. The van der Waals surface area contributed by atoms with Crippen LogP contribution in [0.3, 0.4) is 0 Å². The predicted octanol–water partition coefficient (Wildman–Crippen LogP) is 5.67. The van der Waals surface area contributed by atoms with Crippen molar-refractivity contribution in [1.29, 1.82) is 0 Å². The average molecular weight is 423 g/mol. The number of hydrogen-bond donors (Lipinski definition) is 1. The molecule has 1 aliphatic rings. The van der Waals surface area contributed by atoms with E-state index in [9.17, 15) is 4.79 Å². The van der Waals surface area contributed by atoms with Gasteiger partial charge in [0.05, 0.1) is 11.1 Å². The lowest BCUT2D eigenvalue weighted by atomic mass is 9.77. The smallest absolute Gasteiger partial charge is 0.253 e. The van der Waals surface area contributed by atoms with Gasteiger partial charge >= 0.3 is 0 Å². The Morgan fingerprint density at radius 3 is 2.67 bits per heavy atom. The van der Waals surface area contributed by atoms with Crippen molar-refractivity contribution in [3.8, 4) is 0 Å². The minimum absolute atomic E-state index is 0.0230. The van der Waals surface area contributed by atoms with Gasteiger partial charge in [0.25, 0.3) is 5.91 Å². The number of para-hydroxylation sites is 1. The topological polar surface area (TPSA) is 42.0 Å². The summed E-state index contributed by atoms with van der Waals surface area (Å²) in [6.45, 7) is 0. The van der Waals surface area contributed by atoms with Crippen LogP contribution in [0.1, 0.15) is 48.0 Å². The van der Waals surface area contributed by atoms with E-state index in [1.54, 1.807) is 6.20 Å². The monoisotopic (exact) mass is 422 g/mol. The maximum Gasteiger partial charge on any atom is 0.253 e. The number of fused-ring (bicyclic) bond motifs is 1. The lowest BCUT2D eigenvalue weighted by molar-refractivity contribution is 0.0868. The third-order valence-electron chi connectivity index (χ3n) is 5.47. The Balaban J connectivity index is 1.59. The molecule has 4 heteroatoms. The van der Waals surface area contributed by atoms with Crippen LogP contribution in [0.4, 0.5) is 0 Å². The summed E-state index contributed by atoms with van der Waals surface area (Å²) in [5.74, 6) is -0.0230. The molecule has 1 heterocycles. The van der Waals surface area contributed by atoms with Gasteiger partial charge in [-0.15, -0.1) is 0 Å². The number of carbonyl (C=O) groups excluding carboxylic acids is 1. The summed E-state index contributed by atoms with van der Waals surface area (Å²) in [6, 6.07) is 18.2. The standard InChI is InChI=1S/C23H23BrN2O/c24-20-9-6-7-17(13-20)15-23(11-4-1-5-12-23)26-22(27)19-14-18-8-2-3-10-21(18)25-16-19/h2-3,6-10,13-14,16H,1,4-5,11-12,15H2,(H,26,27). The second-order valence-corrected chi connectivity index (χ2v) is 8.43. The van der Waals surface area contributed by atoms with E-state index in [1.165, 1.54) is 12.0 Å². The van der Waals surface area contributed by atoms with E-state index >= 15 is 0 Å². The zero-order chi connectivity index (χ0) is 18.7. The van der Waals surface area contributed by atoms with Crippen LogP contribution in [0.25, 0.3) is 10.9 Å². The van der Waals surface area contributed by atoms with Gasteiger partial charge in [0.2, 0.25) is 0 Å². The third kappa shape index (κ3) is 4.22. The van der Waals surface area contributed by atoms with Crippen LogP contribution in [0.5, 0.6) is 0 Å². The van der Waals surface area contributed by atoms with E-state index < -0.39 is 0 Å². The van der Waals surface area contributed by atoms with Crippen molar-refractivity contribution < 1.29 is 4.79 Å². The van der Waals surface area contributed by atoms with Gasteiger partial charge in [-0.1, -0.05) is 65.5 Å². The van der Waals surface area contributed by atoms with Crippen LogP contribution < -0.4 is 5.32 Å². The van der Waals surface area contributed by atoms with Crippen molar-refractivity contribution in [2.45, 2.75) is 44.1 Å². The number of rotatable bonds is 4. The average Bonchev–Trinajstić information content (AvgIpc) is 2.68. The Hall–Kier alpha value is -2.20. The molecule has 4 rings (SSSR count). The molecule has 0 aliphatic heterocycles. The Kier molecular flexibility index (Phi) is 5.26. The molecule has 1 saturated carbocycles. The zero-order valence-corrected chi connectivity index (χ0v) is 16.8. The van der Waals surface area contributed by atoms with Gasteiger partial charge in [-0.05, 0) is 49.1 Å². The summed E-state index contributed by atoms with van der Waals surface area (Å²) in [5, 5.41) is 4.38. The maximum absolute atomic E-state index is 13.1. The minimum Gasteiger partial charge on any atom is -0.346 e. The minimum atomic E-state index is -0.179. The predicted molar refractivity (Wildman–Crippen MR) is 113 cm³/mol. The number of nitrogens with zero attached hydrogens (tertiary/aromatic N) is 1. The molecule has 0 radical (unpaired) electrons. The first-order chi connectivity index (χ1) is 13.1. The molecule has 0 saturated heterocycles. The summed E-state index contributed by atoms with van der Waals surface area (Å²) in [5.41, 5.74) is 2.62. The molecule has 0 unspecified atom stereocenters. The molecule has 3 aromatic rings. The molecule has 0 atom stereocenters. The Bertz CT molecular complexity index is 963. The number of amides is 1. The van der Waals surface area contributed by atoms with E-state index in [1.807, 2.05) is 36.4 Å². The van der Waals surface area contributed by atoms with Crippen LogP contribution in [-0.2, 0) is 6.42 Å². The van der Waals surface area contributed by atoms with Gasteiger partial charge in [-0.2, -0.15) is 0 Å². The summed E-state index contributed by atoms with van der Waals surface area (Å²) in [6.07, 6.45) is 8.15. The van der Waals surface area contributed by atoms with Gasteiger partial charge < -0.3 is 5.32 Å². The van der Waals surface area contributed by atoms with Crippen molar-refractivity contribution in [1.82, 2.24) is 10.3 Å². The van der Waals surface area contributed by atoms with Crippen LogP contribution >= 0.6 is 15.9 Å². The first kappa shape index (κ1) is 18.2. The van der Waals surface area contributed by atoms with Crippen LogP contribution in [-0.4, -0.2) is 16.4 Å². The SMILES string of the molecule is O=C(NC1(Cc2cccc(Br)c2)CCCCC1)c1cnc2ccccc2c1. The highest BCUT2D eigenvalue weighted by molar-refractivity contribution is 9.10. The highest BCUT2D eigenvalue weighted by Crippen LogP contribution is 2.32. The Morgan fingerprint density at radius 1 is 1.04 bits per heavy atom. The lowest BCUT2D eigenvalue weighted by Gasteiger charge is -2.38. The molecule has 138 valence electrons. The maximum atomic E-state index is 13.1. The van der Waals surface area contributed by atoms with Gasteiger partial charge in [0.1, 0.15) is 0 Å². The van der Waals surface area contributed by atoms with Crippen LogP contribution in [0.15, 0.2) is 65.3 Å². The zero-order valence-electron chi connectivity index (χ0n) is 15.2. The normalized spacial score (nSPS) is 16.2. The summed E-state index contributed by atoms with van der Waals surface area (Å²) in [7, 11) is 0. The van der Waals surface area contributed by atoms with Crippen molar-refractivity contribution in [2.24, 2.45) is 0 Å². The fourth-order valence-electron chi connectivity index (χ4n) is 4.12. The highest BCUT2D eigenvalue weighted by atomic mass is 79.9. The number of benzene rings is 2. The molecule has 1 aliphatic carbocycles. The second-order valence-electron chi connectivity index (χ2n) is 7.52. The number of carbonyl (C=O) groups is 1. The molecular weight excluding hydrogens is 400 g/mol. The van der Waals surface area contributed by atoms with Crippen molar-refractivity contribution in [3.63, 3.8) is 0 Å². The molecule has 0 bridgehead atoms. The second kappa shape index (κ2) is 7.81. The molecule has 27 heavy (non-hydrogen) atoms. The molecule has 1 fully saturated rings. The van der Waals surface area contributed by atoms with Gasteiger partial charge in [0.15, 0.2) is 0 Å². The summed E-state index contributed by atoms with van der Waals surface area (Å²) in [4.78, 5) is 17.5. The van der Waals surface area contributed by atoms with Crippen molar-refractivity contribution in [3.05, 3.63) is 76.4 Å². The summed E-state index contributed by atoms with van der Waals surface area (Å²) < 4.78 is 1.08. The number of hydrogen-bond acceptors (Lipinski definition) is 2. The first-order valence-electron chi connectivity index (χ1n) is 9.55. The van der Waals surface area contributed by atoms with E-state index in [0.717, 1.165) is 47.5 Å². The highest BCUT2D eigenvalue weighted by Gasteiger charge is 2.34. The molecular formula is C23H23BrN2O. The van der Waals surface area contributed by atoms with Gasteiger partial charge in [-0.3, -0.25) is 9.78 Å².